The Balaban J connectivity index is 1.73. The van der Waals surface area contributed by atoms with E-state index in [9.17, 15) is 17.6 Å². The summed E-state index contributed by atoms with van der Waals surface area (Å²) < 4.78 is 45.6. The minimum Gasteiger partial charge on any atom is -0.496 e. The number of hydrogen-bond donors (Lipinski definition) is 1. The third-order valence-corrected chi connectivity index (χ3v) is 6.73. The van der Waals surface area contributed by atoms with E-state index in [2.05, 4.69) is 5.32 Å². The smallest absolute Gasteiger partial charge is 0.243 e. The molecule has 0 aromatic heterocycles. The van der Waals surface area contributed by atoms with Gasteiger partial charge < -0.3 is 10.1 Å². The van der Waals surface area contributed by atoms with Crippen LogP contribution >= 0.6 is 0 Å². The maximum atomic E-state index is 13.0. The lowest BCUT2D eigenvalue weighted by atomic mass is 9.99. The van der Waals surface area contributed by atoms with Crippen molar-refractivity contribution in [3.63, 3.8) is 0 Å². The largest absolute Gasteiger partial charge is 0.496 e. The van der Waals surface area contributed by atoms with Crippen LogP contribution in [0.25, 0.3) is 0 Å². The third-order valence-electron chi connectivity index (χ3n) is 4.87. The van der Waals surface area contributed by atoms with E-state index >= 15 is 0 Å². The molecule has 28 heavy (non-hydrogen) atoms. The summed E-state index contributed by atoms with van der Waals surface area (Å²) in [6.07, 6.45) is 1.19. The molecule has 150 valence electrons. The van der Waals surface area contributed by atoms with Crippen molar-refractivity contribution < 1.29 is 22.3 Å². The highest BCUT2D eigenvalue weighted by Gasteiger charge is 2.33. The summed E-state index contributed by atoms with van der Waals surface area (Å²) in [6.45, 7) is 2.27. The molecule has 1 amide bonds. The minimum absolute atomic E-state index is 0.112. The van der Waals surface area contributed by atoms with Crippen molar-refractivity contribution in [3.8, 4) is 5.75 Å². The van der Waals surface area contributed by atoms with Gasteiger partial charge in [0.05, 0.1) is 17.9 Å². The molecule has 2 aromatic carbocycles. The molecule has 8 heteroatoms. The van der Waals surface area contributed by atoms with Crippen molar-refractivity contribution in [2.45, 2.75) is 24.7 Å². The average molecular weight is 406 g/mol. The topological polar surface area (TPSA) is 75.7 Å². The van der Waals surface area contributed by atoms with E-state index in [-0.39, 0.29) is 23.2 Å². The van der Waals surface area contributed by atoms with E-state index in [0.717, 1.165) is 5.56 Å². The minimum atomic E-state index is -3.71. The van der Waals surface area contributed by atoms with E-state index in [1.807, 2.05) is 0 Å². The van der Waals surface area contributed by atoms with Gasteiger partial charge in [-0.1, -0.05) is 0 Å². The molecule has 1 fully saturated rings. The second-order valence-electron chi connectivity index (χ2n) is 6.83. The van der Waals surface area contributed by atoms with Gasteiger partial charge in [0, 0.05) is 18.8 Å². The lowest BCUT2D eigenvalue weighted by Crippen LogP contribution is -2.43. The molecule has 1 heterocycles. The second kappa shape index (κ2) is 8.28. The van der Waals surface area contributed by atoms with Gasteiger partial charge in [-0.05, 0) is 67.8 Å². The van der Waals surface area contributed by atoms with Crippen LogP contribution in [0.5, 0.6) is 5.75 Å². The number of rotatable bonds is 5. The first-order valence-electron chi connectivity index (χ1n) is 9.02. The van der Waals surface area contributed by atoms with Gasteiger partial charge >= 0.3 is 0 Å². The zero-order chi connectivity index (χ0) is 20.3. The molecular formula is C20H23FN2O4S. The van der Waals surface area contributed by atoms with Gasteiger partial charge in [-0.15, -0.1) is 0 Å². The average Bonchev–Trinajstić information content (AvgIpc) is 2.69. The molecule has 1 N–H and O–H groups in total. The lowest BCUT2D eigenvalue weighted by molar-refractivity contribution is -0.120. The van der Waals surface area contributed by atoms with Crippen LogP contribution in [0.1, 0.15) is 18.4 Å². The Morgan fingerprint density at radius 1 is 1.21 bits per heavy atom. The van der Waals surface area contributed by atoms with E-state index in [4.69, 9.17) is 4.74 Å². The highest BCUT2D eigenvalue weighted by atomic mass is 32.2. The van der Waals surface area contributed by atoms with Crippen molar-refractivity contribution in [1.82, 2.24) is 4.31 Å². The van der Waals surface area contributed by atoms with Crippen molar-refractivity contribution >= 4 is 21.6 Å². The summed E-state index contributed by atoms with van der Waals surface area (Å²) in [6, 6.07) is 10.2. The fourth-order valence-electron chi connectivity index (χ4n) is 3.31. The first kappa shape index (κ1) is 20.3. The number of nitrogens with one attached hydrogen (secondary N) is 1. The highest BCUT2D eigenvalue weighted by molar-refractivity contribution is 7.89. The number of anilines is 1. The molecule has 0 saturated carbocycles. The van der Waals surface area contributed by atoms with Crippen LogP contribution in [0.15, 0.2) is 47.4 Å². The Labute approximate surface area is 164 Å². The SMILES string of the molecule is COc1ccc(S(=O)(=O)N2CCC[C@@H](C(=O)Nc3ccc(F)cc3)C2)cc1C. The molecule has 0 bridgehead atoms. The first-order chi connectivity index (χ1) is 13.3. The van der Waals surface area contributed by atoms with Gasteiger partial charge in [-0.3, -0.25) is 4.79 Å². The highest BCUT2D eigenvalue weighted by Crippen LogP contribution is 2.27. The third kappa shape index (κ3) is 4.34. The van der Waals surface area contributed by atoms with Crippen molar-refractivity contribution in [1.29, 1.82) is 0 Å². The molecule has 1 atom stereocenters. The number of ether oxygens (including phenoxy) is 1. The monoisotopic (exact) mass is 406 g/mol. The molecule has 1 aliphatic rings. The summed E-state index contributed by atoms with van der Waals surface area (Å²) in [7, 11) is -2.17. The zero-order valence-corrected chi connectivity index (χ0v) is 16.6. The number of methoxy groups -OCH3 is 1. The first-order valence-corrected chi connectivity index (χ1v) is 10.5. The molecule has 2 aromatic rings. The van der Waals surface area contributed by atoms with Crippen LogP contribution in [0.2, 0.25) is 0 Å². The van der Waals surface area contributed by atoms with Crippen molar-refractivity contribution in [3.05, 3.63) is 53.8 Å². The number of sulfonamides is 1. The van der Waals surface area contributed by atoms with Crippen LogP contribution in [0, 0.1) is 18.7 Å². The number of hydrogen-bond acceptors (Lipinski definition) is 4. The van der Waals surface area contributed by atoms with Crippen LogP contribution in [0.4, 0.5) is 10.1 Å². The number of carbonyl (C=O) groups excluding carboxylic acids is 1. The summed E-state index contributed by atoms with van der Waals surface area (Å²) in [5, 5.41) is 2.73. The number of halogens is 1. The molecule has 0 aliphatic carbocycles. The number of nitrogens with zero attached hydrogens (tertiary/aromatic N) is 1. The molecular weight excluding hydrogens is 383 g/mol. The summed E-state index contributed by atoms with van der Waals surface area (Å²) in [4.78, 5) is 12.7. The quantitative estimate of drug-likeness (QED) is 0.828. The van der Waals surface area contributed by atoms with Crippen molar-refractivity contribution in [2.24, 2.45) is 5.92 Å². The molecule has 1 saturated heterocycles. The number of piperidine rings is 1. The maximum Gasteiger partial charge on any atom is 0.243 e. The molecule has 6 nitrogen and oxygen atoms in total. The van der Waals surface area contributed by atoms with E-state index < -0.39 is 15.9 Å². The standard InChI is InChI=1S/C20H23FN2O4S/c1-14-12-18(9-10-19(14)27-2)28(25,26)23-11-3-4-15(13-23)20(24)22-17-7-5-16(21)6-8-17/h5-10,12,15H,3-4,11,13H2,1-2H3,(H,22,24)/t15-/m1/s1. The maximum absolute atomic E-state index is 13.0. The van der Waals surface area contributed by atoms with Gasteiger partial charge in [0.2, 0.25) is 15.9 Å². The fourth-order valence-corrected chi connectivity index (χ4v) is 4.92. The van der Waals surface area contributed by atoms with Crippen LogP contribution in [0.3, 0.4) is 0 Å². The zero-order valence-electron chi connectivity index (χ0n) is 15.8. The van der Waals surface area contributed by atoms with Gasteiger partial charge in [0.1, 0.15) is 11.6 Å². The predicted molar refractivity (Wildman–Crippen MR) is 104 cm³/mol. The summed E-state index contributed by atoms with van der Waals surface area (Å²) >= 11 is 0. The normalized spacial score (nSPS) is 17.9. The predicted octanol–water partition coefficient (Wildman–Crippen LogP) is 3.18. The van der Waals surface area contributed by atoms with Gasteiger partial charge in [0.25, 0.3) is 0 Å². The van der Waals surface area contributed by atoms with Crippen LogP contribution in [-0.2, 0) is 14.8 Å². The molecule has 1 aliphatic heterocycles. The Morgan fingerprint density at radius 3 is 2.57 bits per heavy atom. The van der Waals surface area contributed by atoms with Crippen LogP contribution < -0.4 is 10.1 Å². The Morgan fingerprint density at radius 2 is 1.93 bits per heavy atom. The molecule has 3 rings (SSSR count). The Bertz CT molecular complexity index is 961. The second-order valence-corrected chi connectivity index (χ2v) is 8.77. The number of amides is 1. The summed E-state index contributed by atoms with van der Waals surface area (Å²) in [5.41, 5.74) is 1.21. The number of benzene rings is 2. The number of carbonyl (C=O) groups is 1. The fraction of sp³-hybridized carbons (Fsp3) is 0.350. The Hall–Kier alpha value is -2.45. The van der Waals surface area contributed by atoms with Crippen molar-refractivity contribution in [2.75, 3.05) is 25.5 Å². The number of aryl methyl sites for hydroxylation is 1. The molecule has 0 spiro atoms. The van der Waals surface area contributed by atoms with Gasteiger partial charge in [-0.2, -0.15) is 4.31 Å². The molecule has 0 unspecified atom stereocenters. The van der Waals surface area contributed by atoms with Gasteiger partial charge in [-0.25, -0.2) is 12.8 Å². The Kier molecular flexibility index (Phi) is 6.00. The van der Waals surface area contributed by atoms with E-state index in [1.165, 1.54) is 41.7 Å². The van der Waals surface area contributed by atoms with Gasteiger partial charge in [0.15, 0.2) is 0 Å². The lowest BCUT2D eigenvalue weighted by Gasteiger charge is -2.31. The van der Waals surface area contributed by atoms with Crippen LogP contribution in [-0.4, -0.2) is 38.8 Å². The summed E-state index contributed by atoms with van der Waals surface area (Å²) in [5.74, 6) is -0.498. The van der Waals surface area contributed by atoms with E-state index in [1.54, 1.807) is 19.1 Å². The molecule has 0 radical (unpaired) electrons. The van der Waals surface area contributed by atoms with E-state index in [0.29, 0.717) is 30.8 Å².